The van der Waals surface area contributed by atoms with E-state index in [2.05, 4.69) is 16.0 Å². The molecule has 0 heterocycles. The highest BCUT2D eigenvalue weighted by Gasteiger charge is 2.23. The molecular weight excluding hydrogens is 469 g/mol. The number of anilines is 2. The van der Waals surface area contributed by atoms with Gasteiger partial charge < -0.3 is 16.0 Å². The van der Waals surface area contributed by atoms with Gasteiger partial charge in [0.15, 0.2) is 0 Å². The summed E-state index contributed by atoms with van der Waals surface area (Å²) in [4.78, 5) is 24.9. The number of sulfone groups is 1. The zero-order valence-corrected chi connectivity index (χ0v) is 20.6. The summed E-state index contributed by atoms with van der Waals surface area (Å²) in [5.41, 5.74) is 1.61. The van der Waals surface area contributed by atoms with E-state index in [0.717, 1.165) is 17.7 Å². The van der Waals surface area contributed by atoms with Crippen molar-refractivity contribution in [3.63, 3.8) is 0 Å². The first-order chi connectivity index (χ1) is 16.6. The SMILES string of the molecule is Cc1ccc(S(=O)(=O)c2cc(F)ccc2NCC(=O)Nc2ccccc2C(=O)NCC(C)C)cc1. The van der Waals surface area contributed by atoms with Crippen LogP contribution in [0.25, 0.3) is 0 Å². The minimum atomic E-state index is -4.03. The summed E-state index contributed by atoms with van der Waals surface area (Å²) >= 11 is 0. The number of rotatable bonds is 9. The van der Waals surface area contributed by atoms with Crippen LogP contribution in [0.5, 0.6) is 0 Å². The van der Waals surface area contributed by atoms with Crippen molar-refractivity contribution in [2.75, 3.05) is 23.7 Å². The van der Waals surface area contributed by atoms with Crippen molar-refractivity contribution in [1.82, 2.24) is 5.32 Å². The molecule has 0 saturated carbocycles. The zero-order chi connectivity index (χ0) is 25.6. The van der Waals surface area contributed by atoms with Gasteiger partial charge in [0.05, 0.1) is 33.3 Å². The van der Waals surface area contributed by atoms with Gasteiger partial charge in [-0.3, -0.25) is 9.59 Å². The van der Waals surface area contributed by atoms with E-state index in [0.29, 0.717) is 17.8 Å². The van der Waals surface area contributed by atoms with Crippen molar-refractivity contribution < 1.29 is 22.4 Å². The fourth-order valence-electron chi connectivity index (χ4n) is 3.26. The second-order valence-electron chi connectivity index (χ2n) is 8.51. The topological polar surface area (TPSA) is 104 Å². The van der Waals surface area contributed by atoms with Gasteiger partial charge >= 0.3 is 0 Å². The molecule has 9 heteroatoms. The number of aryl methyl sites for hydroxylation is 1. The van der Waals surface area contributed by atoms with E-state index in [9.17, 15) is 22.4 Å². The van der Waals surface area contributed by atoms with Crippen molar-refractivity contribution >= 4 is 33.0 Å². The van der Waals surface area contributed by atoms with E-state index in [1.54, 1.807) is 36.4 Å². The maximum absolute atomic E-state index is 14.0. The van der Waals surface area contributed by atoms with E-state index >= 15 is 0 Å². The van der Waals surface area contributed by atoms with Crippen LogP contribution in [0.3, 0.4) is 0 Å². The summed E-state index contributed by atoms with van der Waals surface area (Å²) in [6.07, 6.45) is 0. The Bertz CT molecular complexity index is 1320. The van der Waals surface area contributed by atoms with Crippen LogP contribution in [0.15, 0.2) is 76.5 Å². The van der Waals surface area contributed by atoms with E-state index in [4.69, 9.17) is 0 Å². The molecule has 3 N–H and O–H groups in total. The van der Waals surface area contributed by atoms with Crippen LogP contribution in [0.4, 0.5) is 15.8 Å². The number of amides is 2. The van der Waals surface area contributed by atoms with Crippen LogP contribution in [0, 0.1) is 18.7 Å². The Morgan fingerprint density at radius 1 is 0.943 bits per heavy atom. The number of hydrogen-bond acceptors (Lipinski definition) is 5. The summed E-state index contributed by atoms with van der Waals surface area (Å²) < 4.78 is 40.2. The second kappa shape index (κ2) is 11.1. The summed E-state index contributed by atoms with van der Waals surface area (Å²) in [7, 11) is -4.03. The molecule has 0 atom stereocenters. The van der Waals surface area contributed by atoms with Crippen LogP contribution >= 0.6 is 0 Å². The molecule has 0 aliphatic rings. The highest BCUT2D eigenvalue weighted by atomic mass is 32.2. The van der Waals surface area contributed by atoms with Gasteiger partial charge in [-0.05, 0) is 55.3 Å². The van der Waals surface area contributed by atoms with E-state index in [1.807, 2.05) is 20.8 Å². The fourth-order valence-corrected chi connectivity index (χ4v) is 4.71. The first-order valence-corrected chi connectivity index (χ1v) is 12.6. The Labute approximate surface area is 204 Å². The lowest BCUT2D eigenvalue weighted by Gasteiger charge is -2.15. The van der Waals surface area contributed by atoms with Crippen LogP contribution < -0.4 is 16.0 Å². The third-order valence-electron chi connectivity index (χ3n) is 5.12. The number of halogens is 1. The number of hydrogen-bond donors (Lipinski definition) is 3. The van der Waals surface area contributed by atoms with Gasteiger partial charge in [-0.25, -0.2) is 12.8 Å². The normalized spacial score (nSPS) is 11.2. The molecule has 3 rings (SSSR count). The van der Waals surface area contributed by atoms with Crippen molar-refractivity contribution in [2.24, 2.45) is 5.92 Å². The smallest absolute Gasteiger partial charge is 0.253 e. The molecule has 0 bridgehead atoms. The van der Waals surface area contributed by atoms with Crippen molar-refractivity contribution in [2.45, 2.75) is 30.6 Å². The minimum absolute atomic E-state index is 0.0162. The lowest BCUT2D eigenvalue weighted by molar-refractivity contribution is -0.114. The molecular formula is C26H28FN3O4S. The molecule has 0 fully saturated rings. The van der Waals surface area contributed by atoms with Crippen molar-refractivity contribution in [3.05, 3.63) is 83.7 Å². The molecule has 0 aliphatic carbocycles. The van der Waals surface area contributed by atoms with Crippen molar-refractivity contribution in [1.29, 1.82) is 0 Å². The Kier molecular flexibility index (Phi) is 8.24. The maximum Gasteiger partial charge on any atom is 0.253 e. The number of para-hydroxylation sites is 1. The predicted molar refractivity (Wildman–Crippen MR) is 134 cm³/mol. The average molecular weight is 498 g/mol. The number of nitrogens with one attached hydrogen (secondary N) is 3. The van der Waals surface area contributed by atoms with Crippen LogP contribution in [-0.4, -0.2) is 33.3 Å². The van der Waals surface area contributed by atoms with Gasteiger partial charge in [0.2, 0.25) is 15.7 Å². The van der Waals surface area contributed by atoms with Gasteiger partial charge in [-0.1, -0.05) is 43.7 Å². The van der Waals surface area contributed by atoms with E-state index in [1.165, 1.54) is 18.2 Å². The predicted octanol–water partition coefficient (Wildman–Crippen LogP) is 4.40. The lowest BCUT2D eigenvalue weighted by atomic mass is 10.1. The van der Waals surface area contributed by atoms with Crippen LogP contribution in [0.2, 0.25) is 0 Å². The zero-order valence-electron chi connectivity index (χ0n) is 19.8. The first-order valence-electron chi connectivity index (χ1n) is 11.1. The van der Waals surface area contributed by atoms with Gasteiger partial charge in [-0.15, -0.1) is 0 Å². The molecule has 3 aromatic carbocycles. The van der Waals surface area contributed by atoms with Gasteiger partial charge in [-0.2, -0.15) is 0 Å². The third-order valence-corrected chi connectivity index (χ3v) is 6.93. The highest BCUT2D eigenvalue weighted by molar-refractivity contribution is 7.91. The quantitative estimate of drug-likeness (QED) is 0.406. The summed E-state index contributed by atoms with van der Waals surface area (Å²) in [5, 5.41) is 8.26. The third kappa shape index (κ3) is 6.66. The molecule has 0 unspecified atom stereocenters. The monoisotopic (exact) mass is 497 g/mol. The second-order valence-corrected chi connectivity index (χ2v) is 10.4. The van der Waals surface area contributed by atoms with E-state index < -0.39 is 21.6 Å². The van der Waals surface area contributed by atoms with Crippen LogP contribution in [0.1, 0.15) is 29.8 Å². The highest BCUT2D eigenvalue weighted by Crippen LogP contribution is 2.29. The lowest BCUT2D eigenvalue weighted by Crippen LogP contribution is -2.29. The molecule has 7 nitrogen and oxygen atoms in total. The van der Waals surface area contributed by atoms with Crippen molar-refractivity contribution in [3.8, 4) is 0 Å². The molecule has 0 aromatic heterocycles. The molecule has 184 valence electrons. The molecule has 0 saturated heterocycles. The number of carbonyl (C=O) groups excluding carboxylic acids is 2. The van der Waals surface area contributed by atoms with Crippen LogP contribution in [-0.2, 0) is 14.6 Å². The average Bonchev–Trinajstić information content (AvgIpc) is 2.82. The maximum atomic E-state index is 14.0. The Hall–Kier alpha value is -3.72. The van der Waals surface area contributed by atoms with Gasteiger partial charge in [0.1, 0.15) is 5.82 Å². The first kappa shape index (κ1) is 25.9. The van der Waals surface area contributed by atoms with Gasteiger partial charge in [0.25, 0.3) is 5.91 Å². The molecule has 0 aliphatic heterocycles. The molecule has 0 spiro atoms. The molecule has 2 amide bonds. The fraction of sp³-hybridized carbons (Fsp3) is 0.231. The molecule has 35 heavy (non-hydrogen) atoms. The largest absolute Gasteiger partial charge is 0.375 e. The summed E-state index contributed by atoms with van der Waals surface area (Å²) in [5.74, 6) is -1.26. The Morgan fingerprint density at radius 2 is 1.63 bits per heavy atom. The number of benzene rings is 3. The summed E-state index contributed by atoms with van der Waals surface area (Å²) in [6.45, 7) is 5.97. The molecule has 0 radical (unpaired) electrons. The Morgan fingerprint density at radius 3 is 2.31 bits per heavy atom. The van der Waals surface area contributed by atoms with Gasteiger partial charge in [0, 0.05) is 6.54 Å². The standard InChI is InChI=1S/C26H28FN3O4S/c1-17(2)15-29-26(32)21-6-4-5-7-22(21)30-25(31)16-28-23-13-10-19(27)14-24(23)35(33,34)20-11-8-18(3)9-12-20/h4-14,17,28H,15-16H2,1-3H3,(H,29,32)(H,30,31). The Balaban J connectivity index is 1.76. The van der Waals surface area contributed by atoms with E-state index in [-0.39, 0.29) is 33.8 Å². The summed E-state index contributed by atoms with van der Waals surface area (Å²) in [6, 6.07) is 16.1. The molecule has 3 aromatic rings. The number of carbonyl (C=O) groups is 2. The minimum Gasteiger partial charge on any atom is -0.375 e.